The van der Waals surface area contributed by atoms with Gasteiger partial charge in [-0.2, -0.15) is 13.2 Å². The van der Waals surface area contributed by atoms with Crippen LogP contribution in [0.15, 0.2) is 30.3 Å². The van der Waals surface area contributed by atoms with Gasteiger partial charge in [0.15, 0.2) is 0 Å². The summed E-state index contributed by atoms with van der Waals surface area (Å²) in [4.78, 5) is 16.0. The van der Waals surface area contributed by atoms with Crippen LogP contribution in [0.3, 0.4) is 0 Å². The number of likely N-dealkylation sites (tertiary alicyclic amines) is 1. The first-order valence-corrected chi connectivity index (χ1v) is 10.5. The first-order valence-electron chi connectivity index (χ1n) is 10.5. The molecule has 0 radical (unpaired) electrons. The molecule has 4 rings (SSSR count). The summed E-state index contributed by atoms with van der Waals surface area (Å²) in [7, 11) is 1.42. The molecule has 2 aliphatic heterocycles. The Bertz CT molecular complexity index is 974. The summed E-state index contributed by atoms with van der Waals surface area (Å²) in [6, 6.07) is 8.33. The van der Waals surface area contributed by atoms with E-state index < -0.39 is 11.7 Å². The number of benzene rings is 2. The van der Waals surface area contributed by atoms with E-state index in [9.17, 15) is 18.0 Å². The number of carbonyl (C=O) groups is 1. The molecule has 0 unspecified atom stereocenters. The average Bonchev–Trinajstić information content (AvgIpc) is 2.69. The maximum absolute atomic E-state index is 13.1. The van der Waals surface area contributed by atoms with E-state index in [0.717, 1.165) is 47.5 Å². The second-order valence-corrected chi connectivity index (χ2v) is 8.63. The molecule has 7 heteroatoms. The van der Waals surface area contributed by atoms with Crippen molar-refractivity contribution in [2.45, 2.75) is 39.5 Å². The molecule has 31 heavy (non-hydrogen) atoms. The molecule has 0 amide bonds. The molecule has 0 aromatic heterocycles. The molecule has 0 saturated carbocycles. The molecule has 166 valence electrons. The number of hydrogen-bond donors (Lipinski definition) is 0. The summed E-state index contributed by atoms with van der Waals surface area (Å²) in [5.41, 5.74) is 5.75. The first-order chi connectivity index (χ1) is 14.7. The van der Waals surface area contributed by atoms with Crippen LogP contribution >= 0.6 is 0 Å². The van der Waals surface area contributed by atoms with E-state index in [4.69, 9.17) is 4.74 Å². The Morgan fingerprint density at radius 2 is 1.77 bits per heavy atom. The molecular weight excluding hydrogens is 405 g/mol. The fourth-order valence-corrected chi connectivity index (χ4v) is 4.59. The third-order valence-electron chi connectivity index (χ3n) is 6.47. The minimum Gasteiger partial charge on any atom is -0.469 e. The lowest BCUT2D eigenvalue weighted by molar-refractivity contribution is -0.151. The smallest absolute Gasteiger partial charge is 0.416 e. The number of ether oxygens (including phenoxy) is 1. The summed E-state index contributed by atoms with van der Waals surface area (Å²) in [5, 5.41) is 0. The van der Waals surface area contributed by atoms with E-state index in [2.05, 4.69) is 35.8 Å². The summed E-state index contributed by atoms with van der Waals surface area (Å²) >= 11 is 0. The summed E-state index contributed by atoms with van der Waals surface area (Å²) in [6.45, 7) is 7.60. The SMILES string of the molecule is COC(=O)C1CN(Cc2c(C)cc(N3CCc4ccc(C(F)(F)F)cc4C3)cc2C)C1. The first kappa shape index (κ1) is 21.7. The van der Waals surface area contributed by atoms with Crippen LogP contribution in [0.25, 0.3) is 0 Å². The van der Waals surface area contributed by atoms with Crippen LogP contribution in [-0.4, -0.2) is 37.6 Å². The second-order valence-electron chi connectivity index (χ2n) is 8.63. The molecule has 1 saturated heterocycles. The van der Waals surface area contributed by atoms with E-state index in [1.807, 2.05) is 0 Å². The molecular formula is C24H27F3N2O2. The van der Waals surface area contributed by atoms with Gasteiger partial charge >= 0.3 is 12.1 Å². The Morgan fingerprint density at radius 1 is 1.10 bits per heavy atom. The summed E-state index contributed by atoms with van der Waals surface area (Å²) in [6.07, 6.45) is -3.59. The van der Waals surface area contributed by atoms with E-state index in [0.29, 0.717) is 19.6 Å². The number of methoxy groups -OCH3 is 1. The molecule has 0 N–H and O–H groups in total. The zero-order chi connectivity index (χ0) is 22.3. The van der Waals surface area contributed by atoms with Crippen LogP contribution < -0.4 is 4.90 Å². The number of aryl methyl sites for hydroxylation is 2. The van der Waals surface area contributed by atoms with Crippen molar-refractivity contribution in [3.05, 3.63) is 63.7 Å². The van der Waals surface area contributed by atoms with Crippen molar-refractivity contribution >= 4 is 11.7 Å². The standard InChI is InChI=1S/C24H27F3N2O2/c1-15-8-21(9-16(2)22(15)14-28-11-19(12-28)23(30)31-3)29-7-6-17-4-5-20(24(25,26)27)10-18(17)13-29/h4-5,8-10,19H,6-7,11-14H2,1-3H3. The van der Waals surface area contributed by atoms with Gasteiger partial charge in [0.1, 0.15) is 0 Å². The van der Waals surface area contributed by atoms with Gasteiger partial charge in [-0.1, -0.05) is 6.07 Å². The highest BCUT2D eigenvalue weighted by atomic mass is 19.4. The quantitative estimate of drug-likeness (QED) is 0.667. The molecule has 0 atom stereocenters. The van der Waals surface area contributed by atoms with Gasteiger partial charge in [-0.15, -0.1) is 0 Å². The third-order valence-corrected chi connectivity index (χ3v) is 6.47. The van der Waals surface area contributed by atoms with Crippen LogP contribution in [-0.2, 0) is 35.2 Å². The number of halogens is 3. The Labute approximate surface area is 180 Å². The zero-order valence-corrected chi connectivity index (χ0v) is 18.1. The van der Waals surface area contributed by atoms with Crippen LogP contribution in [0, 0.1) is 19.8 Å². The highest BCUT2D eigenvalue weighted by Gasteiger charge is 2.34. The highest BCUT2D eigenvalue weighted by molar-refractivity contribution is 5.73. The minimum absolute atomic E-state index is 0.0418. The van der Waals surface area contributed by atoms with Crippen LogP contribution in [0.4, 0.5) is 18.9 Å². The van der Waals surface area contributed by atoms with Crippen molar-refractivity contribution in [3.63, 3.8) is 0 Å². The molecule has 0 bridgehead atoms. The van der Waals surface area contributed by atoms with E-state index in [1.54, 1.807) is 6.07 Å². The van der Waals surface area contributed by atoms with Crippen molar-refractivity contribution in [1.82, 2.24) is 4.90 Å². The van der Waals surface area contributed by atoms with E-state index in [1.165, 1.54) is 24.8 Å². The van der Waals surface area contributed by atoms with Gasteiger partial charge < -0.3 is 9.64 Å². The molecule has 1 fully saturated rings. The van der Waals surface area contributed by atoms with Crippen molar-refractivity contribution < 1.29 is 22.7 Å². The van der Waals surface area contributed by atoms with Gasteiger partial charge in [0.25, 0.3) is 0 Å². The summed E-state index contributed by atoms with van der Waals surface area (Å²) in [5.74, 6) is -0.195. The average molecular weight is 432 g/mol. The lowest BCUT2D eigenvalue weighted by Gasteiger charge is -2.38. The number of nitrogens with zero attached hydrogens (tertiary/aromatic N) is 2. The molecule has 0 spiro atoms. The highest BCUT2D eigenvalue weighted by Crippen LogP contribution is 2.34. The second kappa shape index (κ2) is 8.19. The molecule has 2 aliphatic rings. The maximum atomic E-state index is 13.1. The van der Waals surface area contributed by atoms with E-state index in [-0.39, 0.29) is 11.9 Å². The largest absolute Gasteiger partial charge is 0.469 e. The topological polar surface area (TPSA) is 32.8 Å². The van der Waals surface area contributed by atoms with Crippen molar-refractivity contribution in [1.29, 1.82) is 0 Å². The van der Waals surface area contributed by atoms with Crippen LogP contribution in [0.5, 0.6) is 0 Å². The van der Waals surface area contributed by atoms with Gasteiger partial charge in [-0.05, 0) is 72.4 Å². The van der Waals surface area contributed by atoms with Crippen molar-refractivity contribution in [2.75, 3.05) is 31.6 Å². The number of esters is 1. The van der Waals surface area contributed by atoms with Gasteiger partial charge in [-0.3, -0.25) is 9.69 Å². The van der Waals surface area contributed by atoms with Crippen molar-refractivity contribution in [3.8, 4) is 0 Å². The maximum Gasteiger partial charge on any atom is 0.416 e. The molecule has 2 heterocycles. The predicted octanol–water partition coefficient (Wildman–Crippen LogP) is 4.49. The molecule has 2 aromatic carbocycles. The normalized spacial score (nSPS) is 17.3. The van der Waals surface area contributed by atoms with Gasteiger partial charge in [0.2, 0.25) is 0 Å². The number of alkyl halides is 3. The molecule has 4 nitrogen and oxygen atoms in total. The number of fused-ring (bicyclic) bond motifs is 1. The Kier molecular flexibility index (Phi) is 5.73. The predicted molar refractivity (Wildman–Crippen MR) is 113 cm³/mol. The Balaban J connectivity index is 1.48. The number of rotatable bonds is 4. The Morgan fingerprint density at radius 3 is 2.39 bits per heavy atom. The Hall–Kier alpha value is -2.54. The van der Waals surface area contributed by atoms with Crippen LogP contribution in [0.1, 0.15) is 33.4 Å². The zero-order valence-electron chi connectivity index (χ0n) is 18.1. The fourth-order valence-electron chi connectivity index (χ4n) is 4.59. The van der Waals surface area contributed by atoms with Gasteiger partial charge in [0.05, 0.1) is 18.6 Å². The lowest BCUT2D eigenvalue weighted by atomic mass is 9.94. The fraction of sp³-hybridized carbons (Fsp3) is 0.458. The lowest BCUT2D eigenvalue weighted by Crippen LogP contribution is -2.50. The van der Waals surface area contributed by atoms with Crippen LogP contribution in [0.2, 0.25) is 0 Å². The minimum atomic E-state index is -4.32. The molecule has 2 aromatic rings. The number of anilines is 1. The number of hydrogen-bond acceptors (Lipinski definition) is 4. The van der Waals surface area contributed by atoms with E-state index >= 15 is 0 Å². The number of carbonyl (C=O) groups excluding carboxylic acids is 1. The molecule has 0 aliphatic carbocycles. The van der Waals surface area contributed by atoms with Crippen molar-refractivity contribution in [2.24, 2.45) is 5.92 Å². The summed E-state index contributed by atoms with van der Waals surface area (Å²) < 4.78 is 44.1. The van der Waals surface area contributed by atoms with Gasteiger partial charge in [0, 0.05) is 38.4 Å². The third kappa shape index (κ3) is 4.42. The van der Waals surface area contributed by atoms with Gasteiger partial charge in [-0.25, -0.2) is 0 Å². The monoisotopic (exact) mass is 432 g/mol.